The Balaban J connectivity index is 1.89. The van der Waals surface area contributed by atoms with Crippen LogP contribution in [0.25, 0.3) is 0 Å². The van der Waals surface area contributed by atoms with Crippen LogP contribution in [0.2, 0.25) is 0 Å². The van der Waals surface area contributed by atoms with Crippen molar-refractivity contribution in [2.75, 3.05) is 66.7 Å². The van der Waals surface area contributed by atoms with Gasteiger partial charge in [0.2, 0.25) is 0 Å². The normalized spacial score (nSPS) is 26.1. The second-order valence-corrected chi connectivity index (χ2v) is 8.51. The van der Waals surface area contributed by atoms with Crippen LogP contribution < -0.4 is 0 Å². The first-order valence-corrected chi connectivity index (χ1v) is 11.2. The Morgan fingerprint density at radius 3 is 1.92 bits per heavy atom. The quantitative estimate of drug-likeness (QED) is 0.554. The van der Waals surface area contributed by atoms with Gasteiger partial charge in [0.1, 0.15) is 0 Å². The fourth-order valence-corrected chi connectivity index (χ4v) is 5.66. The summed E-state index contributed by atoms with van der Waals surface area (Å²) >= 11 is 0. The summed E-state index contributed by atoms with van der Waals surface area (Å²) in [6.07, 6.45) is 8.29. The number of methoxy groups -OCH3 is 2. The standard InChI is InChI=1S/C22H44N2O2/c1-5-21(19-9-12-23(13-10-19)14-16-25-3)22(6-2)20-8-7-11-24(18-20)15-17-26-4/h19-22H,5-18H2,1-4H3. The Labute approximate surface area is 162 Å². The molecular weight excluding hydrogens is 324 g/mol. The smallest absolute Gasteiger partial charge is 0.0589 e. The third kappa shape index (κ3) is 6.47. The predicted molar refractivity (Wildman–Crippen MR) is 110 cm³/mol. The summed E-state index contributed by atoms with van der Waals surface area (Å²) in [7, 11) is 3.63. The number of piperidine rings is 2. The van der Waals surface area contributed by atoms with Gasteiger partial charge in [-0.3, -0.25) is 0 Å². The van der Waals surface area contributed by atoms with Crippen LogP contribution in [0.15, 0.2) is 0 Å². The summed E-state index contributed by atoms with van der Waals surface area (Å²) in [5.41, 5.74) is 0. The van der Waals surface area contributed by atoms with Crippen molar-refractivity contribution in [2.45, 2.75) is 52.4 Å². The van der Waals surface area contributed by atoms with Crippen molar-refractivity contribution in [3.8, 4) is 0 Å². The number of hydrogen-bond donors (Lipinski definition) is 0. The number of nitrogens with zero attached hydrogens (tertiary/aromatic N) is 2. The van der Waals surface area contributed by atoms with E-state index in [2.05, 4.69) is 23.6 Å². The van der Waals surface area contributed by atoms with Crippen molar-refractivity contribution in [2.24, 2.45) is 23.7 Å². The number of rotatable bonds is 11. The van der Waals surface area contributed by atoms with Gasteiger partial charge in [-0.15, -0.1) is 0 Å². The molecule has 2 saturated heterocycles. The van der Waals surface area contributed by atoms with E-state index in [0.29, 0.717) is 0 Å². The average Bonchev–Trinajstić information content (AvgIpc) is 2.69. The molecule has 2 rings (SSSR count). The number of hydrogen-bond acceptors (Lipinski definition) is 4. The van der Waals surface area contributed by atoms with Gasteiger partial charge in [0.15, 0.2) is 0 Å². The average molecular weight is 369 g/mol. The zero-order chi connectivity index (χ0) is 18.8. The van der Waals surface area contributed by atoms with Crippen LogP contribution in [-0.2, 0) is 9.47 Å². The molecule has 0 aromatic rings. The van der Waals surface area contributed by atoms with Crippen molar-refractivity contribution in [1.29, 1.82) is 0 Å². The molecule has 2 aliphatic rings. The van der Waals surface area contributed by atoms with Gasteiger partial charge in [0, 0.05) is 33.9 Å². The molecule has 0 radical (unpaired) electrons. The van der Waals surface area contributed by atoms with Crippen LogP contribution in [-0.4, -0.2) is 76.5 Å². The highest BCUT2D eigenvalue weighted by Crippen LogP contribution is 2.40. The van der Waals surface area contributed by atoms with Crippen molar-refractivity contribution in [3.63, 3.8) is 0 Å². The zero-order valence-corrected chi connectivity index (χ0v) is 17.9. The molecule has 154 valence electrons. The molecule has 4 heteroatoms. The lowest BCUT2D eigenvalue weighted by Gasteiger charge is -2.44. The SMILES string of the molecule is CCC(C1CCN(CCOC)CC1)C(CC)C1CCCN(CCOC)C1. The fourth-order valence-electron chi connectivity index (χ4n) is 5.66. The molecule has 2 fully saturated rings. The lowest BCUT2D eigenvalue weighted by atomic mass is 9.68. The second kappa shape index (κ2) is 12.3. The maximum absolute atomic E-state index is 5.31. The molecule has 2 heterocycles. The summed E-state index contributed by atoms with van der Waals surface area (Å²) < 4.78 is 10.6. The lowest BCUT2D eigenvalue weighted by Crippen LogP contribution is -2.44. The molecule has 3 unspecified atom stereocenters. The molecule has 4 nitrogen and oxygen atoms in total. The molecule has 0 aromatic carbocycles. The predicted octanol–water partition coefficient (Wildman–Crippen LogP) is 3.76. The van der Waals surface area contributed by atoms with Gasteiger partial charge < -0.3 is 19.3 Å². The van der Waals surface area contributed by atoms with Gasteiger partial charge in [-0.2, -0.15) is 0 Å². The Morgan fingerprint density at radius 2 is 1.35 bits per heavy atom. The number of likely N-dealkylation sites (tertiary alicyclic amines) is 2. The summed E-state index contributed by atoms with van der Waals surface area (Å²) in [6, 6.07) is 0. The van der Waals surface area contributed by atoms with Gasteiger partial charge in [-0.05, 0) is 69.0 Å². The van der Waals surface area contributed by atoms with Crippen molar-refractivity contribution >= 4 is 0 Å². The van der Waals surface area contributed by atoms with E-state index in [9.17, 15) is 0 Å². The van der Waals surface area contributed by atoms with Gasteiger partial charge >= 0.3 is 0 Å². The van der Waals surface area contributed by atoms with E-state index in [-0.39, 0.29) is 0 Å². The minimum Gasteiger partial charge on any atom is -0.383 e. The van der Waals surface area contributed by atoms with Crippen molar-refractivity contribution in [1.82, 2.24) is 9.80 Å². The zero-order valence-electron chi connectivity index (χ0n) is 17.9. The highest BCUT2D eigenvalue weighted by molar-refractivity contribution is 4.87. The summed E-state index contributed by atoms with van der Waals surface area (Å²) in [5, 5.41) is 0. The van der Waals surface area contributed by atoms with E-state index >= 15 is 0 Å². The van der Waals surface area contributed by atoms with E-state index in [1.54, 1.807) is 0 Å². The van der Waals surface area contributed by atoms with Crippen molar-refractivity contribution in [3.05, 3.63) is 0 Å². The third-order valence-electron chi connectivity index (χ3n) is 7.10. The first-order chi connectivity index (χ1) is 12.7. The molecule has 0 aliphatic carbocycles. The Hall–Kier alpha value is -0.160. The van der Waals surface area contributed by atoms with Gasteiger partial charge in [0.25, 0.3) is 0 Å². The first-order valence-electron chi connectivity index (χ1n) is 11.2. The molecule has 0 spiro atoms. The largest absolute Gasteiger partial charge is 0.383 e. The molecule has 0 saturated carbocycles. The van der Waals surface area contributed by atoms with E-state index in [1.165, 1.54) is 64.7 Å². The molecule has 0 bridgehead atoms. The highest BCUT2D eigenvalue weighted by Gasteiger charge is 2.35. The van der Waals surface area contributed by atoms with Crippen LogP contribution in [0.4, 0.5) is 0 Å². The van der Waals surface area contributed by atoms with Crippen LogP contribution in [0.3, 0.4) is 0 Å². The van der Waals surface area contributed by atoms with Crippen LogP contribution in [0.5, 0.6) is 0 Å². The number of ether oxygens (including phenoxy) is 2. The van der Waals surface area contributed by atoms with E-state index in [0.717, 1.165) is 50.0 Å². The monoisotopic (exact) mass is 368 g/mol. The van der Waals surface area contributed by atoms with E-state index in [4.69, 9.17) is 9.47 Å². The topological polar surface area (TPSA) is 24.9 Å². The molecular formula is C22H44N2O2. The van der Waals surface area contributed by atoms with Crippen LogP contribution >= 0.6 is 0 Å². The fraction of sp³-hybridized carbons (Fsp3) is 1.00. The third-order valence-corrected chi connectivity index (χ3v) is 7.10. The summed E-state index contributed by atoms with van der Waals surface area (Å²) in [6.45, 7) is 13.9. The van der Waals surface area contributed by atoms with Crippen LogP contribution in [0.1, 0.15) is 52.4 Å². The first kappa shape index (κ1) is 22.1. The van der Waals surface area contributed by atoms with Gasteiger partial charge in [-0.1, -0.05) is 26.7 Å². The Kier molecular flexibility index (Phi) is 10.5. The maximum atomic E-state index is 5.31. The van der Waals surface area contributed by atoms with Crippen molar-refractivity contribution < 1.29 is 9.47 Å². The highest BCUT2D eigenvalue weighted by atomic mass is 16.5. The van der Waals surface area contributed by atoms with E-state index < -0.39 is 0 Å². The Bertz CT molecular complexity index is 358. The van der Waals surface area contributed by atoms with Gasteiger partial charge in [-0.25, -0.2) is 0 Å². The molecule has 0 amide bonds. The maximum Gasteiger partial charge on any atom is 0.0589 e. The summed E-state index contributed by atoms with van der Waals surface area (Å²) in [4.78, 5) is 5.25. The molecule has 3 atom stereocenters. The van der Waals surface area contributed by atoms with Gasteiger partial charge in [0.05, 0.1) is 13.2 Å². The molecule has 2 aliphatic heterocycles. The lowest BCUT2D eigenvalue weighted by molar-refractivity contribution is 0.0401. The molecule has 0 aromatic heterocycles. The minimum absolute atomic E-state index is 0.874. The van der Waals surface area contributed by atoms with Crippen LogP contribution in [0, 0.1) is 23.7 Å². The Morgan fingerprint density at radius 1 is 0.769 bits per heavy atom. The minimum atomic E-state index is 0.874. The molecule has 26 heavy (non-hydrogen) atoms. The summed E-state index contributed by atoms with van der Waals surface area (Å²) in [5.74, 6) is 3.64. The van der Waals surface area contributed by atoms with E-state index in [1.807, 2.05) is 14.2 Å². The molecule has 0 N–H and O–H groups in total. The second-order valence-electron chi connectivity index (χ2n) is 8.51.